The fourth-order valence-electron chi connectivity index (χ4n) is 2.06. The highest BCUT2D eigenvalue weighted by molar-refractivity contribution is 5.96. The molecule has 0 fully saturated rings. The van der Waals surface area contributed by atoms with Crippen molar-refractivity contribution in [1.29, 1.82) is 0 Å². The molecule has 2 N–H and O–H groups in total. The number of hydrazone groups is 1. The van der Waals surface area contributed by atoms with E-state index in [1.165, 1.54) is 6.21 Å². The summed E-state index contributed by atoms with van der Waals surface area (Å²) in [5.74, 6) is -0.0258. The Hall–Kier alpha value is -3.15. The topological polar surface area (TPSA) is 79.8 Å². The van der Waals surface area contributed by atoms with Crippen molar-refractivity contribution >= 4 is 18.0 Å². The van der Waals surface area contributed by atoms with E-state index in [1.807, 2.05) is 50.2 Å². The molecular formula is C19H21N3O3. The van der Waals surface area contributed by atoms with Gasteiger partial charge in [0.25, 0.3) is 11.8 Å². The first-order valence-corrected chi connectivity index (χ1v) is 7.98. The molecule has 0 spiro atoms. The summed E-state index contributed by atoms with van der Waals surface area (Å²) < 4.78 is 5.47. The Balaban J connectivity index is 1.82. The summed E-state index contributed by atoms with van der Waals surface area (Å²) in [4.78, 5) is 23.7. The lowest BCUT2D eigenvalue weighted by molar-refractivity contribution is -0.120. The number of carbonyl (C=O) groups excluding carboxylic acids is 2. The van der Waals surface area contributed by atoms with Crippen molar-refractivity contribution in [2.45, 2.75) is 13.8 Å². The second-order valence-electron chi connectivity index (χ2n) is 5.31. The number of ether oxygens (including phenoxy) is 1. The van der Waals surface area contributed by atoms with Crippen LogP contribution >= 0.6 is 0 Å². The van der Waals surface area contributed by atoms with E-state index >= 15 is 0 Å². The molecular weight excluding hydrogens is 318 g/mol. The van der Waals surface area contributed by atoms with Crippen molar-refractivity contribution in [3.8, 4) is 5.75 Å². The third-order valence-corrected chi connectivity index (χ3v) is 3.33. The van der Waals surface area contributed by atoms with E-state index in [-0.39, 0.29) is 12.5 Å². The summed E-state index contributed by atoms with van der Waals surface area (Å²) >= 11 is 0. The number of hydrogen-bond donors (Lipinski definition) is 2. The molecule has 0 atom stereocenters. The summed E-state index contributed by atoms with van der Waals surface area (Å²) in [6.45, 7) is 4.22. The number of amides is 2. The highest BCUT2D eigenvalue weighted by Gasteiger charge is 2.07. The van der Waals surface area contributed by atoms with Crippen molar-refractivity contribution < 1.29 is 14.3 Å². The fraction of sp³-hybridized carbons (Fsp3) is 0.211. The molecule has 0 aliphatic carbocycles. The molecule has 2 amide bonds. The predicted octanol–water partition coefficient (Wildman–Crippen LogP) is 2.27. The minimum absolute atomic E-state index is 0.156. The van der Waals surface area contributed by atoms with Crippen LogP contribution in [0.1, 0.15) is 28.4 Å². The summed E-state index contributed by atoms with van der Waals surface area (Å²) in [6, 6.07) is 14.5. The highest BCUT2D eigenvalue weighted by Crippen LogP contribution is 2.15. The standard InChI is InChI=1S/C19H21N3O3/c1-3-25-17-7-5-4-6-16(17)12-21-22-18(23)13-20-19(24)15-10-8-14(2)9-11-15/h4-12H,3,13H2,1-2H3,(H,20,24)(H,22,23)/b21-12+. The van der Waals surface area contributed by atoms with Crippen LogP contribution in [0.25, 0.3) is 0 Å². The molecule has 0 aliphatic rings. The number of benzene rings is 2. The molecule has 6 nitrogen and oxygen atoms in total. The van der Waals surface area contributed by atoms with Crippen LogP contribution in [-0.4, -0.2) is 31.2 Å². The summed E-state index contributed by atoms with van der Waals surface area (Å²) in [6.07, 6.45) is 1.50. The quantitative estimate of drug-likeness (QED) is 0.600. The molecule has 0 aliphatic heterocycles. The van der Waals surface area contributed by atoms with Crippen LogP contribution in [0.2, 0.25) is 0 Å². The third kappa shape index (κ3) is 5.76. The summed E-state index contributed by atoms with van der Waals surface area (Å²) in [5, 5.41) is 6.44. The summed E-state index contributed by atoms with van der Waals surface area (Å²) in [5.41, 5.74) is 4.71. The lowest BCUT2D eigenvalue weighted by atomic mass is 10.1. The fourth-order valence-corrected chi connectivity index (χ4v) is 2.06. The van der Waals surface area contributed by atoms with Gasteiger partial charge in [0.2, 0.25) is 0 Å². The molecule has 0 unspecified atom stereocenters. The van der Waals surface area contributed by atoms with E-state index in [0.717, 1.165) is 11.1 Å². The minimum atomic E-state index is -0.411. The van der Waals surface area contributed by atoms with Crippen LogP contribution < -0.4 is 15.5 Å². The third-order valence-electron chi connectivity index (χ3n) is 3.33. The van der Waals surface area contributed by atoms with Gasteiger partial charge in [-0.1, -0.05) is 29.8 Å². The lowest BCUT2D eigenvalue weighted by Gasteiger charge is -2.06. The van der Waals surface area contributed by atoms with Crippen molar-refractivity contribution in [3.05, 3.63) is 65.2 Å². The number of para-hydroxylation sites is 1. The van der Waals surface area contributed by atoms with Crippen LogP contribution in [0, 0.1) is 6.92 Å². The zero-order valence-corrected chi connectivity index (χ0v) is 14.3. The highest BCUT2D eigenvalue weighted by atomic mass is 16.5. The van der Waals surface area contributed by atoms with Crippen LogP contribution in [0.15, 0.2) is 53.6 Å². The molecule has 0 radical (unpaired) electrons. The second-order valence-corrected chi connectivity index (χ2v) is 5.31. The Bertz CT molecular complexity index is 755. The summed E-state index contributed by atoms with van der Waals surface area (Å²) in [7, 11) is 0. The smallest absolute Gasteiger partial charge is 0.259 e. The monoisotopic (exact) mass is 339 g/mol. The van der Waals surface area contributed by atoms with Crippen molar-refractivity contribution in [1.82, 2.24) is 10.7 Å². The van der Waals surface area contributed by atoms with Gasteiger partial charge in [0.1, 0.15) is 5.75 Å². The first kappa shape index (κ1) is 18.2. The van der Waals surface area contributed by atoms with E-state index in [4.69, 9.17) is 4.74 Å². The van der Waals surface area contributed by atoms with Gasteiger partial charge in [0, 0.05) is 11.1 Å². The molecule has 2 aromatic rings. The predicted molar refractivity (Wildman–Crippen MR) is 96.9 cm³/mol. The Morgan fingerprint density at radius 1 is 1.12 bits per heavy atom. The van der Waals surface area contributed by atoms with Gasteiger partial charge in [0.05, 0.1) is 19.4 Å². The molecule has 130 valence electrons. The second kappa shape index (κ2) is 9.22. The van der Waals surface area contributed by atoms with Gasteiger partial charge >= 0.3 is 0 Å². The van der Waals surface area contributed by atoms with Gasteiger partial charge in [-0.2, -0.15) is 5.10 Å². The van der Waals surface area contributed by atoms with Gasteiger partial charge in [-0.15, -0.1) is 0 Å². The molecule has 0 saturated carbocycles. The Kier molecular flexibility index (Phi) is 6.71. The molecule has 2 rings (SSSR count). The first-order chi connectivity index (χ1) is 12.1. The van der Waals surface area contributed by atoms with E-state index in [0.29, 0.717) is 17.9 Å². The molecule has 0 aromatic heterocycles. The molecule has 2 aromatic carbocycles. The average molecular weight is 339 g/mol. The van der Waals surface area contributed by atoms with Gasteiger partial charge < -0.3 is 10.1 Å². The maximum atomic E-state index is 11.9. The number of aryl methyl sites for hydroxylation is 1. The number of nitrogens with one attached hydrogen (secondary N) is 2. The Labute approximate surface area is 146 Å². The van der Waals surface area contributed by atoms with Crippen LogP contribution in [0.3, 0.4) is 0 Å². The SMILES string of the molecule is CCOc1ccccc1/C=N/NC(=O)CNC(=O)c1ccc(C)cc1. The van der Waals surface area contributed by atoms with Crippen molar-refractivity contribution in [3.63, 3.8) is 0 Å². The van der Waals surface area contributed by atoms with E-state index in [2.05, 4.69) is 15.8 Å². The van der Waals surface area contributed by atoms with Crippen molar-refractivity contribution in [2.75, 3.05) is 13.2 Å². The first-order valence-electron chi connectivity index (χ1n) is 7.98. The maximum Gasteiger partial charge on any atom is 0.259 e. The van der Waals surface area contributed by atoms with E-state index in [9.17, 15) is 9.59 Å². The average Bonchev–Trinajstić information content (AvgIpc) is 2.62. The Morgan fingerprint density at radius 2 is 1.84 bits per heavy atom. The van der Waals surface area contributed by atoms with Crippen molar-refractivity contribution in [2.24, 2.45) is 5.10 Å². The largest absolute Gasteiger partial charge is 0.493 e. The van der Waals surface area contributed by atoms with Gasteiger partial charge in [-0.25, -0.2) is 5.43 Å². The molecule has 0 saturated heterocycles. The number of carbonyl (C=O) groups is 2. The van der Waals surface area contributed by atoms with Gasteiger partial charge in [-0.05, 0) is 38.1 Å². The number of nitrogens with zero attached hydrogens (tertiary/aromatic N) is 1. The molecule has 6 heteroatoms. The van der Waals surface area contributed by atoms with E-state index in [1.54, 1.807) is 12.1 Å². The maximum absolute atomic E-state index is 11.9. The molecule has 0 bridgehead atoms. The van der Waals surface area contributed by atoms with E-state index < -0.39 is 5.91 Å². The minimum Gasteiger partial charge on any atom is -0.493 e. The van der Waals surface area contributed by atoms with Crippen LogP contribution in [0.4, 0.5) is 0 Å². The molecule has 0 heterocycles. The normalized spacial score (nSPS) is 10.5. The molecule has 25 heavy (non-hydrogen) atoms. The zero-order chi connectivity index (χ0) is 18.1. The lowest BCUT2D eigenvalue weighted by Crippen LogP contribution is -2.34. The number of hydrogen-bond acceptors (Lipinski definition) is 4. The van der Waals surface area contributed by atoms with Crippen LogP contribution in [0.5, 0.6) is 5.75 Å². The van der Waals surface area contributed by atoms with Crippen LogP contribution in [-0.2, 0) is 4.79 Å². The van der Waals surface area contributed by atoms with Gasteiger partial charge in [0.15, 0.2) is 0 Å². The van der Waals surface area contributed by atoms with Gasteiger partial charge in [-0.3, -0.25) is 9.59 Å². The Morgan fingerprint density at radius 3 is 2.56 bits per heavy atom. The number of rotatable bonds is 7. The zero-order valence-electron chi connectivity index (χ0n) is 14.3.